The Balaban J connectivity index is 1.73. The van der Waals surface area contributed by atoms with E-state index >= 15 is 4.39 Å². The maximum absolute atomic E-state index is 15.3. The van der Waals surface area contributed by atoms with Gasteiger partial charge in [-0.15, -0.1) is 0 Å². The Labute approximate surface area is 172 Å². The van der Waals surface area contributed by atoms with Crippen LogP contribution < -0.4 is 0 Å². The summed E-state index contributed by atoms with van der Waals surface area (Å²) in [5.41, 5.74) is -1.44. The van der Waals surface area contributed by atoms with E-state index in [9.17, 15) is 14.4 Å². The van der Waals surface area contributed by atoms with E-state index in [2.05, 4.69) is 0 Å². The number of rotatable bonds is 6. The minimum Gasteiger partial charge on any atom is -0.459 e. The maximum atomic E-state index is 15.3. The molecule has 7 nitrogen and oxygen atoms in total. The van der Waals surface area contributed by atoms with Gasteiger partial charge in [-0.25, -0.2) is 14.0 Å². The number of benzene rings is 2. The Bertz CT molecular complexity index is 902. The first-order valence-corrected chi connectivity index (χ1v) is 9.28. The lowest BCUT2D eigenvalue weighted by Crippen LogP contribution is -2.49. The summed E-state index contributed by atoms with van der Waals surface area (Å²) in [4.78, 5) is 36.0. The summed E-state index contributed by atoms with van der Waals surface area (Å²) in [6.45, 7) is 1.94. The Kier molecular flexibility index (Phi) is 6.47. The van der Waals surface area contributed by atoms with E-state index in [1.165, 1.54) is 19.1 Å². The minimum atomic E-state index is -1.93. The average molecular weight is 416 g/mol. The molecule has 1 heterocycles. The second-order valence-corrected chi connectivity index (χ2v) is 6.92. The molecule has 3 rings (SSSR count). The third-order valence-corrected chi connectivity index (χ3v) is 4.62. The van der Waals surface area contributed by atoms with Gasteiger partial charge in [0.1, 0.15) is 12.7 Å². The van der Waals surface area contributed by atoms with Crippen LogP contribution in [0, 0.1) is 0 Å². The van der Waals surface area contributed by atoms with Crippen LogP contribution in [0.25, 0.3) is 0 Å². The van der Waals surface area contributed by atoms with E-state index in [1.807, 2.05) is 0 Å². The van der Waals surface area contributed by atoms with Crippen molar-refractivity contribution in [2.45, 2.75) is 38.0 Å². The zero-order valence-electron chi connectivity index (χ0n) is 16.4. The third kappa shape index (κ3) is 4.65. The molecule has 1 aliphatic heterocycles. The Hall–Kier alpha value is -3.26. The number of carbonyl (C=O) groups is 3. The second-order valence-electron chi connectivity index (χ2n) is 6.92. The molecule has 2 aromatic rings. The van der Waals surface area contributed by atoms with Crippen molar-refractivity contribution >= 4 is 17.9 Å². The molecule has 0 N–H and O–H groups in total. The van der Waals surface area contributed by atoms with Crippen molar-refractivity contribution in [2.75, 3.05) is 6.61 Å². The number of carbonyl (C=O) groups excluding carboxylic acids is 3. The van der Waals surface area contributed by atoms with Gasteiger partial charge in [0.05, 0.1) is 11.1 Å². The summed E-state index contributed by atoms with van der Waals surface area (Å²) < 4.78 is 36.3. The highest BCUT2D eigenvalue weighted by Gasteiger charge is 2.60. The van der Waals surface area contributed by atoms with Crippen LogP contribution in [0.5, 0.6) is 0 Å². The van der Waals surface area contributed by atoms with E-state index in [0.29, 0.717) is 5.56 Å². The van der Waals surface area contributed by atoms with Crippen molar-refractivity contribution in [3.8, 4) is 0 Å². The molecule has 2 aromatic carbocycles. The van der Waals surface area contributed by atoms with Gasteiger partial charge in [-0.05, 0) is 31.2 Å². The maximum Gasteiger partial charge on any atom is 0.339 e. The predicted octanol–water partition coefficient (Wildman–Crippen LogP) is 3.09. The average Bonchev–Trinajstić information content (AvgIpc) is 2.97. The van der Waals surface area contributed by atoms with Crippen LogP contribution in [0.3, 0.4) is 0 Å². The summed E-state index contributed by atoms with van der Waals surface area (Å²) in [5.74, 6) is -2.20. The Morgan fingerprint density at radius 3 is 2.03 bits per heavy atom. The molecule has 0 spiro atoms. The van der Waals surface area contributed by atoms with Crippen molar-refractivity contribution in [3.05, 3.63) is 71.8 Å². The van der Waals surface area contributed by atoms with Gasteiger partial charge in [-0.3, -0.25) is 4.79 Å². The van der Waals surface area contributed by atoms with Crippen LogP contribution >= 0.6 is 0 Å². The third-order valence-electron chi connectivity index (χ3n) is 4.62. The molecule has 1 aliphatic rings. The van der Waals surface area contributed by atoms with Gasteiger partial charge in [0.25, 0.3) is 0 Å². The summed E-state index contributed by atoms with van der Waals surface area (Å²) in [6.07, 6.45) is -4.72. The molecule has 0 aliphatic carbocycles. The molecule has 0 radical (unpaired) electrons. The lowest BCUT2D eigenvalue weighted by molar-refractivity contribution is -0.205. The Morgan fingerprint density at radius 1 is 0.967 bits per heavy atom. The van der Waals surface area contributed by atoms with E-state index in [4.69, 9.17) is 18.9 Å². The number of hydrogen-bond donors (Lipinski definition) is 0. The molecule has 8 heteroatoms. The monoisotopic (exact) mass is 416 g/mol. The summed E-state index contributed by atoms with van der Waals surface area (Å²) >= 11 is 0. The largest absolute Gasteiger partial charge is 0.459 e. The first-order valence-electron chi connectivity index (χ1n) is 9.28. The molecule has 158 valence electrons. The van der Waals surface area contributed by atoms with Gasteiger partial charge in [0.15, 0.2) is 6.17 Å². The molecule has 1 saturated heterocycles. The lowest BCUT2D eigenvalue weighted by Gasteiger charge is -2.30. The van der Waals surface area contributed by atoms with Crippen LogP contribution in [0.15, 0.2) is 60.7 Å². The molecule has 1 fully saturated rings. The number of alkyl halides is 1. The standard InChI is InChI=1S/C22H21FO7/c1-14(24)28-21-22(2,30-20(26)16-11-7-4-8-12-16)18(23)17(29-21)13-27-19(25)15-9-5-3-6-10-15/h3-12,17-18,21H,13H2,1-2H3/t17-,18?,21?,22?/m1/s1. The summed E-state index contributed by atoms with van der Waals surface area (Å²) in [7, 11) is 0. The van der Waals surface area contributed by atoms with Gasteiger partial charge < -0.3 is 18.9 Å². The normalized spacial score (nSPS) is 25.4. The van der Waals surface area contributed by atoms with E-state index in [1.54, 1.807) is 48.5 Å². The smallest absolute Gasteiger partial charge is 0.339 e. The fraction of sp³-hybridized carbons (Fsp3) is 0.318. The highest BCUT2D eigenvalue weighted by atomic mass is 19.1. The minimum absolute atomic E-state index is 0.200. The molecular weight excluding hydrogens is 395 g/mol. The summed E-state index contributed by atoms with van der Waals surface area (Å²) in [6, 6.07) is 16.2. The van der Waals surface area contributed by atoms with Gasteiger partial charge in [0.2, 0.25) is 11.9 Å². The molecule has 0 aromatic heterocycles. The molecule has 30 heavy (non-hydrogen) atoms. The molecule has 0 bridgehead atoms. The van der Waals surface area contributed by atoms with Crippen molar-refractivity contribution in [3.63, 3.8) is 0 Å². The highest BCUT2D eigenvalue weighted by molar-refractivity contribution is 5.90. The van der Waals surface area contributed by atoms with Crippen LogP contribution in [0.4, 0.5) is 4.39 Å². The molecule has 3 unspecified atom stereocenters. The first kappa shape index (κ1) is 21.4. The number of halogens is 1. The van der Waals surface area contributed by atoms with Crippen molar-refractivity contribution in [1.82, 2.24) is 0 Å². The van der Waals surface area contributed by atoms with Crippen molar-refractivity contribution in [2.24, 2.45) is 0 Å². The SMILES string of the molecule is CC(=O)OC1O[C@H](COC(=O)c2ccccc2)C(F)C1(C)OC(=O)c1ccccc1. The Morgan fingerprint density at radius 2 is 1.50 bits per heavy atom. The molecule has 4 atom stereocenters. The molecular formula is C22H21FO7. The van der Waals surface area contributed by atoms with Gasteiger partial charge >= 0.3 is 17.9 Å². The fourth-order valence-corrected chi connectivity index (χ4v) is 3.03. The first-order chi connectivity index (χ1) is 14.3. The quantitative estimate of drug-likeness (QED) is 0.528. The van der Waals surface area contributed by atoms with Gasteiger partial charge in [-0.1, -0.05) is 36.4 Å². The number of esters is 3. The summed E-state index contributed by atoms with van der Waals surface area (Å²) in [5, 5.41) is 0. The van der Waals surface area contributed by atoms with E-state index in [-0.39, 0.29) is 5.56 Å². The number of ether oxygens (including phenoxy) is 4. The van der Waals surface area contributed by atoms with E-state index in [0.717, 1.165) is 6.92 Å². The van der Waals surface area contributed by atoms with Crippen LogP contribution in [-0.4, -0.2) is 48.7 Å². The molecule has 0 saturated carbocycles. The highest BCUT2D eigenvalue weighted by Crippen LogP contribution is 2.38. The van der Waals surface area contributed by atoms with Crippen LogP contribution in [0.1, 0.15) is 34.6 Å². The van der Waals surface area contributed by atoms with Gasteiger partial charge in [-0.2, -0.15) is 0 Å². The van der Waals surface area contributed by atoms with Gasteiger partial charge in [0, 0.05) is 6.92 Å². The molecule has 0 amide bonds. The van der Waals surface area contributed by atoms with Crippen LogP contribution in [0.2, 0.25) is 0 Å². The topological polar surface area (TPSA) is 88.1 Å². The predicted molar refractivity (Wildman–Crippen MR) is 102 cm³/mol. The zero-order chi connectivity index (χ0) is 21.7. The number of hydrogen-bond acceptors (Lipinski definition) is 7. The van der Waals surface area contributed by atoms with E-state index < -0.39 is 48.7 Å². The zero-order valence-corrected chi connectivity index (χ0v) is 16.4. The van der Waals surface area contributed by atoms with Crippen molar-refractivity contribution < 1.29 is 37.7 Å². The fourth-order valence-electron chi connectivity index (χ4n) is 3.03. The van der Waals surface area contributed by atoms with Crippen LogP contribution in [-0.2, 0) is 23.7 Å². The van der Waals surface area contributed by atoms with Crippen molar-refractivity contribution in [1.29, 1.82) is 0 Å². The lowest BCUT2D eigenvalue weighted by atomic mass is 9.98. The second kappa shape index (κ2) is 9.04.